The average Bonchev–Trinajstić information content (AvgIpc) is 3.88. The van der Waals surface area contributed by atoms with Crippen molar-refractivity contribution >= 4 is 55.8 Å². The molecule has 8 nitrogen and oxygen atoms in total. The first-order valence-corrected chi connectivity index (χ1v) is 19.9. The van der Waals surface area contributed by atoms with Gasteiger partial charge in [-0.2, -0.15) is 10.2 Å². The van der Waals surface area contributed by atoms with Crippen LogP contribution in [-0.4, -0.2) is 34.1 Å². The maximum absolute atomic E-state index is 14.5. The molecule has 6 aromatic rings. The Morgan fingerprint density at radius 1 is 0.545 bits per heavy atom. The molecule has 0 aliphatic carbocycles. The number of nitrogens with zero attached hydrogens (tertiary/aromatic N) is 4. The zero-order valence-electron chi connectivity index (χ0n) is 30.0. The van der Waals surface area contributed by atoms with Gasteiger partial charge < -0.3 is 9.47 Å². The minimum Gasteiger partial charge on any atom is -0.497 e. The van der Waals surface area contributed by atoms with Crippen LogP contribution in [0.15, 0.2) is 166 Å². The number of hydrogen-bond donors (Lipinski definition) is 0. The van der Waals surface area contributed by atoms with Gasteiger partial charge in [0.25, 0.3) is 0 Å². The summed E-state index contributed by atoms with van der Waals surface area (Å²) in [5.41, 5.74) is 6.97. The first-order chi connectivity index (χ1) is 26.7. The largest absolute Gasteiger partial charge is 0.497 e. The van der Waals surface area contributed by atoms with Crippen LogP contribution in [0.2, 0.25) is 10.0 Å². The molecular weight excluding hydrogens is 751 g/mol. The van der Waals surface area contributed by atoms with Crippen LogP contribution in [0.5, 0.6) is 11.5 Å². The second kappa shape index (κ2) is 15.3. The zero-order valence-corrected chi connectivity index (χ0v) is 32.3. The smallest absolute Gasteiger partial charge is 0.206 e. The van der Waals surface area contributed by atoms with Gasteiger partial charge in [0, 0.05) is 22.9 Å². The van der Waals surface area contributed by atoms with E-state index in [0.29, 0.717) is 34.3 Å². The molecule has 0 bridgehead atoms. The molecule has 0 aromatic heterocycles. The third-order valence-corrected chi connectivity index (χ3v) is 12.2. The lowest BCUT2D eigenvalue weighted by Gasteiger charge is -2.25. The fraction of sp³-hybridized carbons (Fsp3) is 0.136. The zero-order chi connectivity index (χ0) is 38.1. The van der Waals surface area contributed by atoms with Crippen molar-refractivity contribution in [1.82, 2.24) is 0 Å². The summed E-state index contributed by atoms with van der Waals surface area (Å²) >= 11 is 12.4. The predicted octanol–water partition coefficient (Wildman–Crippen LogP) is 10.6. The van der Waals surface area contributed by atoms with Gasteiger partial charge in [-0.3, -0.25) is 10.0 Å². The highest BCUT2D eigenvalue weighted by molar-refractivity contribution is 7.91. The summed E-state index contributed by atoms with van der Waals surface area (Å²) in [6.45, 7) is 0. The van der Waals surface area contributed by atoms with Crippen LogP contribution in [0, 0.1) is 0 Å². The first-order valence-electron chi connectivity index (χ1n) is 17.7. The SMILES string of the molecule is COc1ccc(C2CC(c3ccc(Cl)cc3)=NN2c2cccc(S(=O)(=O)c3cccc(N4N=C(c5ccc(Cl)cc5)CC4c4ccc(OC)cc4)c3)c2)cc1. The second-order valence-electron chi connectivity index (χ2n) is 13.3. The van der Waals surface area contributed by atoms with Crippen molar-refractivity contribution in [3.8, 4) is 11.5 Å². The van der Waals surface area contributed by atoms with Crippen molar-refractivity contribution in [3.63, 3.8) is 0 Å². The van der Waals surface area contributed by atoms with Crippen LogP contribution in [0.3, 0.4) is 0 Å². The Balaban J connectivity index is 1.15. The lowest BCUT2D eigenvalue weighted by molar-refractivity contribution is 0.414. The Hall–Kier alpha value is -5.61. The lowest BCUT2D eigenvalue weighted by Crippen LogP contribution is -2.19. The van der Waals surface area contributed by atoms with E-state index in [4.69, 9.17) is 42.9 Å². The summed E-state index contributed by atoms with van der Waals surface area (Å²) in [4.78, 5) is 0.313. The van der Waals surface area contributed by atoms with Gasteiger partial charge in [-0.15, -0.1) is 0 Å². The molecular formula is C44H36Cl2N4O4S. The van der Waals surface area contributed by atoms with E-state index in [9.17, 15) is 8.42 Å². The quantitative estimate of drug-likeness (QED) is 0.137. The topological polar surface area (TPSA) is 83.8 Å². The third kappa shape index (κ3) is 7.43. The fourth-order valence-corrected chi connectivity index (χ4v) is 8.62. The summed E-state index contributed by atoms with van der Waals surface area (Å²) in [6, 6.07) is 44.5. The van der Waals surface area contributed by atoms with Crippen LogP contribution < -0.4 is 19.5 Å². The van der Waals surface area contributed by atoms with Gasteiger partial charge in [0.1, 0.15) is 11.5 Å². The monoisotopic (exact) mass is 786 g/mol. The number of benzene rings is 6. The Kier molecular flexibility index (Phi) is 10.1. The van der Waals surface area contributed by atoms with Gasteiger partial charge in [-0.05, 0) is 107 Å². The molecule has 6 aromatic carbocycles. The van der Waals surface area contributed by atoms with E-state index in [1.807, 2.05) is 119 Å². The molecule has 2 aliphatic heterocycles. The maximum Gasteiger partial charge on any atom is 0.206 e. The molecule has 0 saturated heterocycles. The number of ether oxygens (including phenoxy) is 2. The summed E-state index contributed by atoms with van der Waals surface area (Å²) in [5.74, 6) is 1.50. The van der Waals surface area contributed by atoms with Gasteiger partial charge >= 0.3 is 0 Å². The molecule has 55 heavy (non-hydrogen) atoms. The van der Waals surface area contributed by atoms with E-state index in [-0.39, 0.29) is 21.9 Å². The summed E-state index contributed by atoms with van der Waals surface area (Å²) in [6.07, 6.45) is 1.22. The molecule has 0 saturated carbocycles. The van der Waals surface area contributed by atoms with Crippen molar-refractivity contribution in [2.75, 3.05) is 24.2 Å². The predicted molar refractivity (Wildman–Crippen MR) is 220 cm³/mol. The van der Waals surface area contributed by atoms with Crippen LogP contribution in [0.25, 0.3) is 0 Å². The third-order valence-electron chi connectivity index (χ3n) is 9.96. The Morgan fingerprint density at radius 3 is 1.29 bits per heavy atom. The number of halogens is 2. The van der Waals surface area contributed by atoms with Gasteiger partial charge in [0.15, 0.2) is 0 Å². The second-order valence-corrected chi connectivity index (χ2v) is 16.1. The maximum atomic E-state index is 14.5. The van der Waals surface area contributed by atoms with E-state index in [1.54, 1.807) is 50.6 Å². The fourth-order valence-electron chi connectivity index (χ4n) is 7.02. The molecule has 0 spiro atoms. The number of methoxy groups -OCH3 is 2. The van der Waals surface area contributed by atoms with Crippen LogP contribution in [0.4, 0.5) is 11.4 Å². The number of sulfone groups is 1. The molecule has 8 rings (SSSR count). The summed E-state index contributed by atoms with van der Waals surface area (Å²) < 4.78 is 39.8. The van der Waals surface area contributed by atoms with Gasteiger partial charge in [-0.25, -0.2) is 8.42 Å². The number of hydrazone groups is 2. The van der Waals surface area contributed by atoms with Gasteiger partial charge in [-0.1, -0.05) is 83.9 Å². The standard InChI is InChI=1S/C44H36Cl2N4O4S/c1-53-37-21-13-31(14-22-37)43-27-41(29-9-17-33(45)18-10-29)47-49(43)35-5-3-7-39(25-35)55(51,52)40-8-4-6-36(26-40)50-44(32-15-23-38(54-2)24-16-32)28-42(48-50)30-11-19-34(46)20-12-30/h3-26,43-44H,27-28H2,1-2H3. The van der Waals surface area contributed by atoms with Gasteiger partial charge in [0.2, 0.25) is 9.84 Å². The highest BCUT2D eigenvalue weighted by atomic mass is 35.5. The Labute approximate surface area is 330 Å². The van der Waals surface area contributed by atoms with Crippen molar-refractivity contribution < 1.29 is 17.9 Å². The number of rotatable bonds is 10. The van der Waals surface area contributed by atoms with Crippen molar-refractivity contribution in [1.29, 1.82) is 0 Å². The average molecular weight is 788 g/mol. The van der Waals surface area contributed by atoms with Crippen molar-refractivity contribution in [3.05, 3.63) is 178 Å². The molecule has 0 fully saturated rings. The Morgan fingerprint density at radius 2 is 0.927 bits per heavy atom. The molecule has 0 radical (unpaired) electrons. The minimum atomic E-state index is -3.98. The number of anilines is 2. The van der Waals surface area contributed by atoms with Crippen LogP contribution in [-0.2, 0) is 9.84 Å². The molecule has 276 valence electrons. The van der Waals surface area contributed by atoms with Gasteiger partial charge in [0.05, 0.1) is 58.9 Å². The van der Waals surface area contributed by atoms with Crippen LogP contribution in [0.1, 0.15) is 47.2 Å². The molecule has 2 atom stereocenters. The Bertz CT molecular complexity index is 2340. The van der Waals surface area contributed by atoms with E-state index in [2.05, 4.69) is 0 Å². The molecule has 2 aliphatic rings. The molecule has 2 unspecified atom stereocenters. The first kappa shape index (κ1) is 36.4. The summed E-state index contributed by atoms with van der Waals surface area (Å²) in [7, 11) is -0.708. The highest BCUT2D eigenvalue weighted by Crippen LogP contribution is 2.41. The summed E-state index contributed by atoms with van der Waals surface area (Å²) in [5, 5.41) is 15.2. The highest BCUT2D eigenvalue weighted by Gasteiger charge is 2.33. The number of hydrogen-bond acceptors (Lipinski definition) is 8. The molecule has 2 heterocycles. The van der Waals surface area contributed by atoms with E-state index in [0.717, 1.165) is 45.2 Å². The minimum absolute atomic E-state index is 0.157. The van der Waals surface area contributed by atoms with E-state index < -0.39 is 9.84 Å². The van der Waals surface area contributed by atoms with Crippen LogP contribution >= 0.6 is 23.2 Å². The van der Waals surface area contributed by atoms with E-state index >= 15 is 0 Å². The lowest BCUT2D eigenvalue weighted by atomic mass is 9.98. The molecule has 0 N–H and O–H groups in total. The van der Waals surface area contributed by atoms with Crippen molar-refractivity contribution in [2.24, 2.45) is 10.2 Å². The molecule has 0 amide bonds. The van der Waals surface area contributed by atoms with E-state index in [1.165, 1.54) is 0 Å². The van der Waals surface area contributed by atoms with Crippen molar-refractivity contribution in [2.45, 2.75) is 34.7 Å². The molecule has 11 heteroatoms. The normalized spacial score (nSPS) is 16.9.